The van der Waals surface area contributed by atoms with Gasteiger partial charge in [-0.3, -0.25) is 19.2 Å². The van der Waals surface area contributed by atoms with Crippen LogP contribution in [0.3, 0.4) is 0 Å². The zero-order valence-electron chi connectivity index (χ0n) is 16.8. The quantitative estimate of drug-likeness (QED) is 0.198. The van der Waals surface area contributed by atoms with Gasteiger partial charge >= 0.3 is 11.9 Å². The van der Waals surface area contributed by atoms with Crippen molar-refractivity contribution in [2.75, 3.05) is 6.54 Å². The lowest BCUT2D eigenvalue weighted by molar-refractivity contribution is -0.143. The van der Waals surface area contributed by atoms with Crippen molar-refractivity contribution in [1.82, 2.24) is 16.0 Å². The van der Waals surface area contributed by atoms with Crippen LogP contribution in [-0.2, 0) is 30.4 Å². The molecule has 170 valence electrons. The van der Waals surface area contributed by atoms with Gasteiger partial charge in [0.15, 0.2) is 0 Å². The summed E-state index contributed by atoms with van der Waals surface area (Å²) in [5, 5.41) is 34.4. The second-order valence-electron chi connectivity index (χ2n) is 6.76. The van der Waals surface area contributed by atoms with Crippen molar-refractivity contribution in [1.29, 1.82) is 0 Å². The highest BCUT2D eigenvalue weighted by molar-refractivity contribution is 5.93. The van der Waals surface area contributed by atoms with Crippen molar-refractivity contribution in [3.05, 3.63) is 29.8 Å². The average Bonchev–Trinajstić information content (AvgIpc) is 2.71. The number of amides is 3. The Morgan fingerprint density at radius 3 is 2.03 bits per heavy atom. The van der Waals surface area contributed by atoms with Gasteiger partial charge in [-0.05, 0) is 31.0 Å². The monoisotopic (exact) mass is 438 g/mol. The summed E-state index contributed by atoms with van der Waals surface area (Å²) in [6.07, 6.45) is -0.881. The molecule has 1 aromatic rings. The van der Waals surface area contributed by atoms with Crippen LogP contribution >= 0.6 is 0 Å². The van der Waals surface area contributed by atoms with Crippen LogP contribution in [0.5, 0.6) is 5.75 Å². The highest BCUT2D eigenvalue weighted by Gasteiger charge is 2.28. The number of hydrogen-bond acceptors (Lipinski definition) is 7. The SMILES string of the molecule is CC(NC(=O)CN)C(=O)NC(Cc1ccc(O)cc1)C(=O)NC(CCC(=O)O)C(=O)O. The third kappa shape index (κ3) is 9.12. The number of nitrogens with two attached hydrogens (primary N) is 1. The molecule has 3 amide bonds. The maximum atomic E-state index is 12.7. The van der Waals surface area contributed by atoms with Crippen molar-refractivity contribution < 1.29 is 39.3 Å². The van der Waals surface area contributed by atoms with Crippen molar-refractivity contribution in [2.45, 2.75) is 44.3 Å². The maximum absolute atomic E-state index is 12.7. The van der Waals surface area contributed by atoms with E-state index in [0.717, 1.165) is 0 Å². The molecule has 0 saturated carbocycles. The molecule has 0 aliphatic carbocycles. The number of carboxylic acids is 2. The number of phenolic OH excluding ortho intramolecular Hbond substituents is 1. The molecule has 12 nitrogen and oxygen atoms in total. The Hall–Kier alpha value is -3.67. The summed E-state index contributed by atoms with van der Waals surface area (Å²) in [6.45, 7) is 1.05. The second-order valence-corrected chi connectivity index (χ2v) is 6.76. The Bertz CT molecular complexity index is 812. The Labute approximate surface area is 177 Å². The smallest absolute Gasteiger partial charge is 0.326 e. The van der Waals surface area contributed by atoms with Crippen molar-refractivity contribution in [3.63, 3.8) is 0 Å². The van der Waals surface area contributed by atoms with Gasteiger partial charge < -0.3 is 37.0 Å². The molecule has 0 spiro atoms. The fraction of sp³-hybridized carbons (Fsp3) is 0.421. The third-order valence-corrected chi connectivity index (χ3v) is 4.23. The van der Waals surface area contributed by atoms with E-state index in [1.54, 1.807) is 0 Å². The molecular formula is C19H26N4O8. The average molecular weight is 438 g/mol. The van der Waals surface area contributed by atoms with Gasteiger partial charge in [-0.2, -0.15) is 0 Å². The molecule has 31 heavy (non-hydrogen) atoms. The van der Waals surface area contributed by atoms with Gasteiger partial charge in [-0.1, -0.05) is 12.1 Å². The lowest BCUT2D eigenvalue weighted by atomic mass is 10.0. The second kappa shape index (κ2) is 12.1. The van der Waals surface area contributed by atoms with E-state index in [2.05, 4.69) is 16.0 Å². The van der Waals surface area contributed by atoms with Gasteiger partial charge in [0.05, 0.1) is 6.54 Å². The first-order valence-corrected chi connectivity index (χ1v) is 9.36. The highest BCUT2D eigenvalue weighted by atomic mass is 16.4. The molecule has 12 heteroatoms. The number of hydrogen-bond donors (Lipinski definition) is 7. The van der Waals surface area contributed by atoms with E-state index in [4.69, 9.17) is 10.8 Å². The predicted octanol–water partition coefficient (Wildman–Crippen LogP) is -1.68. The standard InChI is InChI=1S/C19H26N4O8/c1-10(21-15(25)9-20)17(28)23-14(8-11-2-4-12(24)5-3-11)18(29)22-13(19(30)31)6-7-16(26)27/h2-5,10,13-14,24H,6-9,20H2,1H3,(H,21,25)(H,22,29)(H,23,28)(H,26,27)(H,30,31). The molecule has 0 radical (unpaired) electrons. The molecule has 0 bridgehead atoms. The number of benzene rings is 1. The summed E-state index contributed by atoms with van der Waals surface area (Å²) in [6, 6.07) is 2.05. The highest BCUT2D eigenvalue weighted by Crippen LogP contribution is 2.12. The summed E-state index contributed by atoms with van der Waals surface area (Å²) < 4.78 is 0. The molecule has 3 atom stereocenters. The minimum absolute atomic E-state index is 0.00785. The summed E-state index contributed by atoms with van der Waals surface area (Å²) in [5.74, 6) is -4.80. The maximum Gasteiger partial charge on any atom is 0.326 e. The molecule has 0 fully saturated rings. The van der Waals surface area contributed by atoms with Gasteiger partial charge in [0.1, 0.15) is 23.9 Å². The number of aliphatic carboxylic acids is 2. The van der Waals surface area contributed by atoms with E-state index in [0.29, 0.717) is 5.56 Å². The van der Waals surface area contributed by atoms with Crippen LogP contribution < -0.4 is 21.7 Å². The van der Waals surface area contributed by atoms with Crippen LogP contribution in [0, 0.1) is 0 Å². The predicted molar refractivity (Wildman–Crippen MR) is 107 cm³/mol. The third-order valence-electron chi connectivity index (χ3n) is 4.23. The topological polar surface area (TPSA) is 208 Å². The first-order valence-electron chi connectivity index (χ1n) is 9.36. The van der Waals surface area contributed by atoms with Crippen LogP contribution in [0.15, 0.2) is 24.3 Å². The van der Waals surface area contributed by atoms with Gasteiger partial charge in [-0.15, -0.1) is 0 Å². The summed E-state index contributed by atoms with van der Waals surface area (Å²) in [5.41, 5.74) is 5.74. The summed E-state index contributed by atoms with van der Waals surface area (Å²) >= 11 is 0. The number of phenols is 1. The zero-order chi connectivity index (χ0) is 23.6. The van der Waals surface area contributed by atoms with Crippen molar-refractivity contribution in [3.8, 4) is 5.75 Å². The molecule has 3 unspecified atom stereocenters. The van der Waals surface area contributed by atoms with Crippen LogP contribution in [-0.4, -0.2) is 69.7 Å². The van der Waals surface area contributed by atoms with Crippen molar-refractivity contribution in [2.24, 2.45) is 5.73 Å². The lowest BCUT2D eigenvalue weighted by Crippen LogP contribution is -2.56. The van der Waals surface area contributed by atoms with Crippen LogP contribution in [0.25, 0.3) is 0 Å². The first kappa shape index (κ1) is 25.4. The number of carbonyl (C=O) groups excluding carboxylic acids is 3. The van der Waals surface area contributed by atoms with Gasteiger partial charge in [-0.25, -0.2) is 4.79 Å². The molecule has 8 N–H and O–H groups in total. The minimum Gasteiger partial charge on any atom is -0.508 e. The number of rotatable bonds is 12. The molecule has 1 rings (SSSR count). The van der Waals surface area contributed by atoms with E-state index < -0.39 is 54.2 Å². The fourth-order valence-corrected chi connectivity index (χ4v) is 2.54. The Balaban J connectivity index is 2.98. The van der Waals surface area contributed by atoms with E-state index >= 15 is 0 Å². The zero-order valence-corrected chi connectivity index (χ0v) is 16.8. The summed E-state index contributed by atoms with van der Waals surface area (Å²) in [4.78, 5) is 58.6. The van der Waals surface area contributed by atoms with Gasteiger partial charge in [0.2, 0.25) is 17.7 Å². The van der Waals surface area contributed by atoms with E-state index in [9.17, 15) is 34.2 Å². The molecule has 1 aromatic carbocycles. The molecule has 0 heterocycles. The van der Waals surface area contributed by atoms with E-state index in [1.165, 1.54) is 31.2 Å². The minimum atomic E-state index is -1.47. The summed E-state index contributed by atoms with van der Waals surface area (Å²) in [7, 11) is 0. The van der Waals surface area contributed by atoms with Gasteiger partial charge in [0, 0.05) is 12.8 Å². The van der Waals surface area contributed by atoms with Gasteiger partial charge in [0.25, 0.3) is 0 Å². The molecule has 0 aliphatic heterocycles. The van der Waals surface area contributed by atoms with Crippen LogP contribution in [0.4, 0.5) is 0 Å². The largest absolute Gasteiger partial charge is 0.508 e. The Morgan fingerprint density at radius 2 is 1.52 bits per heavy atom. The van der Waals surface area contributed by atoms with E-state index in [-0.39, 0.29) is 25.1 Å². The molecule has 0 aromatic heterocycles. The van der Waals surface area contributed by atoms with Crippen LogP contribution in [0.2, 0.25) is 0 Å². The normalized spacial score (nSPS) is 13.4. The van der Waals surface area contributed by atoms with Crippen LogP contribution in [0.1, 0.15) is 25.3 Å². The number of carbonyl (C=O) groups is 5. The lowest BCUT2D eigenvalue weighted by Gasteiger charge is -2.23. The fourth-order valence-electron chi connectivity index (χ4n) is 2.54. The Morgan fingerprint density at radius 1 is 0.935 bits per heavy atom. The first-order chi connectivity index (χ1) is 14.5. The number of nitrogens with one attached hydrogen (secondary N) is 3. The van der Waals surface area contributed by atoms with E-state index in [1.807, 2.05) is 0 Å². The number of carboxylic acid groups (broad SMARTS) is 2. The molecule has 0 aliphatic rings. The number of aromatic hydroxyl groups is 1. The van der Waals surface area contributed by atoms with Crippen molar-refractivity contribution >= 4 is 29.7 Å². The molecular weight excluding hydrogens is 412 g/mol. The Kier molecular flexibility index (Phi) is 9.92. The molecule has 0 saturated heterocycles.